The highest BCUT2D eigenvalue weighted by Gasteiger charge is 2.21. The molecule has 1 aromatic carbocycles. The van der Waals surface area contributed by atoms with Crippen LogP contribution < -0.4 is 10.3 Å². The second-order valence-electron chi connectivity index (χ2n) is 6.61. The fraction of sp³-hybridized carbons (Fsp3) is 0.182. The van der Waals surface area contributed by atoms with Gasteiger partial charge in [-0.3, -0.25) is 14.2 Å². The third-order valence-electron chi connectivity index (χ3n) is 4.54. The van der Waals surface area contributed by atoms with Crippen molar-refractivity contribution in [1.29, 1.82) is 0 Å². The van der Waals surface area contributed by atoms with E-state index < -0.39 is 5.97 Å². The Bertz CT molecular complexity index is 1280. The zero-order chi connectivity index (χ0) is 21.8. The van der Waals surface area contributed by atoms with Crippen molar-refractivity contribution in [3.05, 3.63) is 79.8 Å². The van der Waals surface area contributed by atoms with Gasteiger partial charge in [0.2, 0.25) is 0 Å². The molecular weight excluding hydrogens is 436 g/mol. The number of aromatic nitrogens is 2. The van der Waals surface area contributed by atoms with Crippen molar-refractivity contribution in [2.45, 2.75) is 13.5 Å². The summed E-state index contributed by atoms with van der Waals surface area (Å²) in [7, 11) is 0. The number of rotatable bonds is 8. The summed E-state index contributed by atoms with van der Waals surface area (Å²) in [6.07, 6.45) is 1.34. The van der Waals surface area contributed by atoms with Crippen LogP contribution in [0.5, 0.6) is 5.75 Å². The second-order valence-corrected chi connectivity index (χ2v) is 8.56. The van der Waals surface area contributed by atoms with Crippen LogP contribution in [0.4, 0.5) is 0 Å². The van der Waals surface area contributed by atoms with Gasteiger partial charge in [-0.05, 0) is 36.1 Å². The molecular formula is C22H18N2O5S2. The number of carbonyl (C=O) groups excluding carboxylic acids is 2. The molecule has 0 aliphatic rings. The van der Waals surface area contributed by atoms with Crippen LogP contribution in [-0.2, 0) is 11.3 Å². The van der Waals surface area contributed by atoms with Gasteiger partial charge in [-0.25, -0.2) is 9.78 Å². The third-order valence-corrected chi connectivity index (χ3v) is 6.63. The van der Waals surface area contributed by atoms with E-state index in [1.54, 1.807) is 19.1 Å². The Morgan fingerprint density at radius 3 is 2.65 bits per heavy atom. The molecule has 7 nitrogen and oxygen atoms in total. The molecule has 9 heteroatoms. The Kier molecular flexibility index (Phi) is 6.24. The van der Waals surface area contributed by atoms with Gasteiger partial charge in [-0.2, -0.15) is 0 Å². The summed E-state index contributed by atoms with van der Waals surface area (Å²) < 4.78 is 12.1. The van der Waals surface area contributed by atoms with Crippen molar-refractivity contribution >= 4 is 44.6 Å². The molecule has 0 spiro atoms. The largest absolute Gasteiger partial charge is 0.490 e. The maximum atomic E-state index is 12.9. The molecule has 0 bridgehead atoms. The molecule has 0 radical (unpaired) electrons. The highest BCUT2D eigenvalue weighted by Crippen LogP contribution is 2.27. The van der Waals surface area contributed by atoms with E-state index >= 15 is 0 Å². The maximum absolute atomic E-state index is 12.9. The van der Waals surface area contributed by atoms with Gasteiger partial charge in [0.05, 0.1) is 23.1 Å². The molecule has 0 N–H and O–H groups in total. The van der Waals surface area contributed by atoms with E-state index in [1.807, 2.05) is 35.7 Å². The molecule has 0 amide bonds. The first kappa shape index (κ1) is 21.0. The Balaban J connectivity index is 1.47. The number of ketones is 1. The van der Waals surface area contributed by atoms with Gasteiger partial charge < -0.3 is 9.47 Å². The smallest absolute Gasteiger partial charge is 0.348 e. The molecule has 3 heterocycles. The first-order valence-corrected chi connectivity index (χ1v) is 11.1. The number of hydrogen-bond donors (Lipinski definition) is 0. The predicted octanol–water partition coefficient (Wildman–Crippen LogP) is 3.95. The predicted molar refractivity (Wildman–Crippen MR) is 119 cm³/mol. The molecule has 3 aromatic heterocycles. The number of nitrogens with zero attached hydrogens (tertiary/aromatic N) is 2. The van der Waals surface area contributed by atoms with E-state index in [9.17, 15) is 14.4 Å². The SMILES string of the molecule is Cc1c(C(=O)OCCOc2ccccc2)sc2ncn(CC(=O)c3cccs3)c(=O)c12. The van der Waals surface area contributed by atoms with Crippen LogP contribution in [0.3, 0.4) is 0 Å². The molecule has 4 aromatic rings. The fourth-order valence-electron chi connectivity index (χ4n) is 3.01. The quantitative estimate of drug-likeness (QED) is 0.228. The minimum Gasteiger partial charge on any atom is -0.490 e. The summed E-state index contributed by atoms with van der Waals surface area (Å²) >= 11 is 2.43. The van der Waals surface area contributed by atoms with Crippen LogP contribution in [0.2, 0.25) is 0 Å². The van der Waals surface area contributed by atoms with Crippen LogP contribution in [0.25, 0.3) is 10.2 Å². The monoisotopic (exact) mass is 454 g/mol. The highest BCUT2D eigenvalue weighted by atomic mass is 32.1. The van der Waals surface area contributed by atoms with Crippen molar-refractivity contribution in [3.63, 3.8) is 0 Å². The standard InChI is InChI=1S/C22H18N2O5S2/c1-14-18-20(23-13-24(21(18)26)12-16(25)17-8-5-11-30-17)31-19(14)22(27)29-10-9-28-15-6-3-2-4-7-15/h2-8,11,13H,9-10,12H2,1H3. The van der Waals surface area contributed by atoms with Crippen LogP contribution in [0.1, 0.15) is 24.9 Å². The first-order chi connectivity index (χ1) is 15.0. The number of hydrogen-bond acceptors (Lipinski definition) is 8. The second kappa shape index (κ2) is 9.23. The van der Waals surface area contributed by atoms with Crippen LogP contribution in [0, 0.1) is 6.92 Å². The number of carbonyl (C=O) groups is 2. The van der Waals surface area contributed by atoms with Crippen molar-refractivity contribution in [2.24, 2.45) is 0 Å². The Morgan fingerprint density at radius 2 is 1.90 bits per heavy atom. The normalized spacial score (nSPS) is 10.9. The van der Waals surface area contributed by atoms with Gasteiger partial charge in [0.1, 0.15) is 28.7 Å². The molecule has 0 fully saturated rings. The number of Topliss-reactive ketones (excluding diaryl/α,β-unsaturated/α-hetero) is 1. The molecule has 0 atom stereocenters. The van der Waals surface area contributed by atoms with E-state index in [2.05, 4.69) is 4.98 Å². The van der Waals surface area contributed by atoms with Crippen molar-refractivity contribution in [2.75, 3.05) is 13.2 Å². The third kappa shape index (κ3) is 4.57. The summed E-state index contributed by atoms with van der Waals surface area (Å²) in [5.74, 6) is 0.000364. The Labute approximate surface area is 185 Å². The zero-order valence-corrected chi connectivity index (χ0v) is 18.2. The molecule has 0 unspecified atom stereocenters. The van der Waals surface area contributed by atoms with Gasteiger partial charge in [-0.1, -0.05) is 24.3 Å². The summed E-state index contributed by atoms with van der Waals surface area (Å²) in [4.78, 5) is 43.4. The average Bonchev–Trinajstić information content (AvgIpc) is 3.43. The molecule has 0 aliphatic heterocycles. The van der Waals surface area contributed by atoms with Crippen LogP contribution in [-0.4, -0.2) is 34.5 Å². The lowest BCUT2D eigenvalue weighted by atomic mass is 10.2. The lowest BCUT2D eigenvalue weighted by Crippen LogP contribution is -2.24. The van der Waals surface area contributed by atoms with Crippen molar-refractivity contribution < 1.29 is 19.1 Å². The number of aryl methyl sites for hydroxylation is 1. The number of ether oxygens (including phenoxy) is 2. The van der Waals surface area contributed by atoms with E-state index in [0.717, 1.165) is 11.3 Å². The number of benzene rings is 1. The zero-order valence-electron chi connectivity index (χ0n) is 16.6. The lowest BCUT2D eigenvalue weighted by molar-refractivity contribution is 0.0455. The van der Waals surface area contributed by atoms with Crippen LogP contribution >= 0.6 is 22.7 Å². The number of esters is 1. The van der Waals surface area contributed by atoms with E-state index in [0.29, 0.717) is 31.3 Å². The molecule has 158 valence electrons. The minimum absolute atomic E-state index is 0.0778. The maximum Gasteiger partial charge on any atom is 0.348 e. The number of thiophene rings is 2. The van der Waals surface area contributed by atoms with Gasteiger partial charge in [0.15, 0.2) is 5.78 Å². The van der Waals surface area contributed by atoms with Gasteiger partial charge in [0.25, 0.3) is 5.56 Å². The van der Waals surface area contributed by atoms with Gasteiger partial charge in [-0.15, -0.1) is 22.7 Å². The number of fused-ring (bicyclic) bond motifs is 1. The lowest BCUT2D eigenvalue weighted by Gasteiger charge is -2.07. The molecule has 0 saturated carbocycles. The van der Waals surface area contributed by atoms with E-state index in [1.165, 1.54) is 22.2 Å². The summed E-state index contributed by atoms with van der Waals surface area (Å²) in [6, 6.07) is 12.7. The highest BCUT2D eigenvalue weighted by molar-refractivity contribution is 7.20. The molecule has 31 heavy (non-hydrogen) atoms. The molecule has 4 rings (SSSR count). The molecule has 0 aliphatic carbocycles. The van der Waals surface area contributed by atoms with Crippen molar-refractivity contribution in [1.82, 2.24) is 9.55 Å². The minimum atomic E-state index is -0.530. The topological polar surface area (TPSA) is 87.5 Å². The summed E-state index contributed by atoms with van der Waals surface area (Å²) in [5.41, 5.74) is 0.152. The van der Waals surface area contributed by atoms with E-state index in [-0.39, 0.29) is 31.1 Å². The molecule has 0 saturated heterocycles. The van der Waals surface area contributed by atoms with E-state index in [4.69, 9.17) is 9.47 Å². The Hall–Kier alpha value is -3.30. The van der Waals surface area contributed by atoms with Gasteiger partial charge in [0, 0.05) is 0 Å². The van der Waals surface area contributed by atoms with Crippen LogP contribution in [0.15, 0.2) is 59.0 Å². The summed E-state index contributed by atoms with van der Waals surface area (Å²) in [6.45, 7) is 1.88. The summed E-state index contributed by atoms with van der Waals surface area (Å²) in [5, 5.41) is 2.14. The van der Waals surface area contributed by atoms with Crippen molar-refractivity contribution in [3.8, 4) is 5.75 Å². The van der Waals surface area contributed by atoms with Gasteiger partial charge >= 0.3 is 5.97 Å². The first-order valence-electron chi connectivity index (χ1n) is 9.45. The average molecular weight is 455 g/mol. The fourth-order valence-corrected chi connectivity index (χ4v) is 4.70. The number of para-hydroxylation sites is 1. The Morgan fingerprint density at radius 1 is 1.10 bits per heavy atom.